The van der Waals surface area contributed by atoms with Crippen LogP contribution in [0.2, 0.25) is 0 Å². The summed E-state index contributed by atoms with van der Waals surface area (Å²) in [6.45, 7) is 6.28. The van der Waals surface area contributed by atoms with Gasteiger partial charge in [0.05, 0.1) is 16.8 Å². The lowest BCUT2D eigenvalue weighted by atomic mass is 9.91. The average Bonchev–Trinajstić information content (AvgIpc) is 2.53. The summed E-state index contributed by atoms with van der Waals surface area (Å²) >= 11 is 0. The fourth-order valence-electron chi connectivity index (χ4n) is 3.06. The van der Waals surface area contributed by atoms with Crippen LogP contribution in [0.5, 0.6) is 5.75 Å². The van der Waals surface area contributed by atoms with E-state index in [4.69, 9.17) is 4.98 Å². The van der Waals surface area contributed by atoms with E-state index in [1.807, 2.05) is 31.2 Å². The molecule has 3 rings (SSSR count). The molecule has 0 aliphatic carbocycles. The molecular weight excluding hydrogens is 296 g/mol. The maximum atomic E-state index is 9.92. The molecule has 1 aromatic heterocycles. The fourth-order valence-corrected chi connectivity index (χ4v) is 3.06. The molecule has 24 heavy (non-hydrogen) atoms. The Morgan fingerprint density at radius 1 is 1.17 bits per heavy atom. The number of aromatic nitrogens is 1. The summed E-state index contributed by atoms with van der Waals surface area (Å²) in [5, 5.41) is 20.6. The van der Waals surface area contributed by atoms with E-state index >= 15 is 0 Å². The monoisotopic (exact) mass is 316 g/mol. The molecular formula is C21H20N2O. The Labute approximate surface area is 142 Å². The molecule has 0 aliphatic rings. The zero-order valence-electron chi connectivity index (χ0n) is 14.2. The molecule has 0 saturated heterocycles. The number of phenolic OH excluding ortho intramolecular Hbond substituents is 1. The van der Waals surface area contributed by atoms with Crippen LogP contribution in [0.3, 0.4) is 0 Å². The lowest BCUT2D eigenvalue weighted by molar-refractivity contribution is 0.476. The normalized spacial score (nSPS) is 11.0. The van der Waals surface area contributed by atoms with Crippen molar-refractivity contribution in [1.29, 1.82) is 5.26 Å². The smallest absolute Gasteiger partial charge is 0.116 e. The Kier molecular flexibility index (Phi) is 4.22. The van der Waals surface area contributed by atoms with Gasteiger partial charge in [-0.2, -0.15) is 5.26 Å². The number of aromatic hydroxyl groups is 1. The molecule has 120 valence electrons. The molecule has 0 atom stereocenters. The van der Waals surface area contributed by atoms with Gasteiger partial charge in [0, 0.05) is 10.9 Å². The Balaban J connectivity index is 2.42. The quantitative estimate of drug-likeness (QED) is 0.741. The van der Waals surface area contributed by atoms with Gasteiger partial charge in [-0.3, -0.25) is 4.98 Å². The van der Waals surface area contributed by atoms with E-state index in [2.05, 4.69) is 26.0 Å². The van der Waals surface area contributed by atoms with Crippen LogP contribution in [-0.4, -0.2) is 10.1 Å². The number of nitrogens with zero attached hydrogens (tertiary/aromatic N) is 2. The largest absolute Gasteiger partial charge is 0.508 e. The lowest BCUT2D eigenvalue weighted by Gasteiger charge is -2.15. The summed E-state index contributed by atoms with van der Waals surface area (Å²) in [4.78, 5) is 4.70. The average molecular weight is 316 g/mol. The summed E-state index contributed by atoms with van der Waals surface area (Å²) < 4.78 is 0. The molecule has 0 fully saturated rings. The van der Waals surface area contributed by atoms with Crippen molar-refractivity contribution in [2.45, 2.75) is 27.2 Å². The minimum atomic E-state index is 0.179. The van der Waals surface area contributed by atoms with Gasteiger partial charge in [0.1, 0.15) is 11.8 Å². The maximum Gasteiger partial charge on any atom is 0.116 e. The van der Waals surface area contributed by atoms with Crippen LogP contribution in [0.15, 0.2) is 42.5 Å². The molecule has 0 radical (unpaired) electrons. The second-order valence-electron chi connectivity index (χ2n) is 6.59. The number of benzene rings is 2. The van der Waals surface area contributed by atoms with Gasteiger partial charge in [-0.15, -0.1) is 0 Å². The van der Waals surface area contributed by atoms with E-state index in [0.717, 1.165) is 39.7 Å². The number of hydrogen-bond acceptors (Lipinski definition) is 3. The lowest BCUT2D eigenvalue weighted by Crippen LogP contribution is -2.04. The molecule has 1 N–H and O–H groups in total. The number of rotatable bonds is 3. The first-order valence-corrected chi connectivity index (χ1v) is 8.12. The van der Waals surface area contributed by atoms with Crippen molar-refractivity contribution in [3.8, 4) is 22.9 Å². The number of pyridine rings is 1. The first-order valence-electron chi connectivity index (χ1n) is 8.12. The molecule has 2 aromatic carbocycles. The van der Waals surface area contributed by atoms with Crippen molar-refractivity contribution in [1.82, 2.24) is 4.98 Å². The first-order chi connectivity index (χ1) is 11.5. The van der Waals surface area contributed by atoms with Crippen molar-refractivity contribution >= 4 is 10.9 Å². The zero-order chi connectivity index (χ0) is 17.3. The predicted molar refractivity (Wildman–Crippen MR) is 96.8 cm³/mol. The van der Waals surface area contributed by atoms with Gasteiger partial charge < -0.3 is 5.11 Å². The summed E-state index contributed by atoms with van der Waals surface area (Å²) in [6.07, 6.45) is 0.749. The van der Waals surface area contributed by atoms with Gasteiger partial charge >= 0.3 is 0 Å². The van der Waals surface area contributed by atoms with E-state index < -0.39 is 0 Å². The highest BCUT2D eigenvalue weighted by molar-refractivity contribution is 5.98. The van der Waals surface area contributed by atoms with Crippen LogP contribution in [0.4, 0.5) is 0 Å². The molecule has 1 heterocycles. The van der Waals surface area contributed by atoms with Crippen molar-refractivity contribution in [2.75, 3.05) is 0 Å². The van der Waals surface area contributed by atoms with E-state index in [1.54, 1.807) is 12.1 Å². The first kappa shape index (κ1) is 16.0. The molecule has 0 amide bonds. The SMILES string of the molecule is Cc1cccc(-c2c(C#N)c(CC(C)C)nc3ccc(O)cc23)c1. The third-order valence-electron chi connectivity index (χ3n) is 4.06. The van der Waals surface area contributed by atoms with Crippen LogP contribution in [-0.2, 0) is 6.42 Å². The standard InChI is InChI=1S/C21H20N2O/c1-13(2)9-20-18(12-22)21(15-6-4-5-14(3)10-15)17-11-16(24)7-8-19(17)23-20/h4-8,10-11,13,24H,9H2,1-3H3. The zero-order valence-corrected chi connectivity index (χ0v) is 14.2. The van der Waals surface area contributed by atoms with E-state index in [-0.39, 0.29) is 5.75 Å². The number of fused-ring (bicyclic) bond motifs is 1. The van der Waals surface area contributed by atoms with Gasteiger partial charge in [0.2, 0.25) is 0 Å². The molecule has 0 spiro atoms. The van der Waals surface area contributed by atoms with Crippen molar-refractivity contribution < 1.29 is 5.11 Å². The highest BCUT2D eigenvalue weighted by Crippen LogP contribution is 2.35. The number of hydrogen-bond donors (Lipinski definition) is 1. The van der Waals surface area contributed by atoms with Gasteiger partial charge in [-0.1, -0.05) is 43.7 Å². The Morgan fingerprint density at radius 3 is 2.62 bits per heavy atom. The third kappa shape index (κ3) is 2.96. The summed E-state index contributed by atoms with van der Waals surface area (Å²) in [7, 11) is 0. The molecule has 3 aromatic rings. The van der Waals surface area contributed by atoms with Crippen LogP contribution in [0, 0.1) is 24.2 Å². The molecule has 3 heteroatoms. The Bertz CT molecular complexity index is 952. The highest BCUT2D eigenvalue weighted by Gasteiger charge is 2.18. The number of phenols is 1. The topological polar surface area (TPSA) is 56.9 Å². The van der Waals surface area contributed by atoms with Crippen molar-refractivity contribution in [2.24, 2.45) is 5.92 Å². The summed E-state index contributed by atoms with van der Waals surface area (Å²) in [6, 6.07) is 15.6. The molecule has 0 aliphatic heterocycles. The van der Waals surface area contributed by atoms with Gasteiger partial charge in [-0.25, -0.2) is 0 Å². The second-order valence-corrected chi connectivity index (χ2v) is 6.59. The van der Waals surface area contributed by atoms with Crippen molar-refractivity contribution in [3.05, 3.63) is 59.3 Å². The Hall–Kier alpha value is -2.86. The maximum absolute atomic E-state index is 9.92. The van der Waals surface area contributed by atoms with E-state index in [1.165, 1.54) is 0 Å². The molecule has 0 saturated carbocycles. The van der Waals surface area contributed by atoms with E-state index in [9.17, 15) is 10.4 Å². The second kappa shape index (κ2) is 6.33. The van der Waals surface area contributed by atoms with Crippen LogP contribution in [0.1, 0.15) is 30.7 Å². The van der Waals surface area contributed by atoms with Crippen LogP contribution in [0.25, 0.3) is 22.0 Å². The fraction of sp³-hybridized carbons (Fsp3) is 0.238. The third-order valence-corrected chi connectivity index (χ3v) is 4.06. The van der Waals surface area contributed by atoms with E-state index in [0.29, 0.717) is 11.5 Å². The van der Waals surface area contributed by atoms with Gasteiger partial charge in [0.25, 0.3) is 0 Å². The molecule has 0 bridgehead atoms. The van der Waals surface area contributed by atoms with Gasteiger partial charge in [0.15, 0.2) is 0 Å². The minimum absolute atomic E-state index is 0.179. The van der Waals surface area contributed by atoms with Crippen LogP contribution < -0.4 is 0 Å². The Morgan fingerprint density at radius 2 is 1.96 bits per heavy atom. The predicted octanol–water partition coefficient (Wildman–Crippen LogP) is 4.99. The molecule has 0 unspecified atom stereocenters. The minimum Gasteiger partial charge on any atom is -0.508 e. The number of nitriles is 1. The highest BCUT2D eigenvalue weighted by atomic mass is 16.3. The van der Waals surface area contributed by atoms with Crippen molar-refractivity contribution in [3.63, 3.8) is 0 Å². The number of aryl methyl sites for hydroxylation is 1. The molecule has 3 nitrogen and oxygen atoms in total. The van der Waals surface area contributed by atoms with Crippen LogP contribution >= 0.6 is 0 Å². The summed E-state index contributed by atoms with van der Waals surface area (Å²) in [5.41, 5.74) is 5.20. The van der Waals surface area contributed by atoms with Gasteiger partial charge in [-0.05, 0) is 43.0 Å². The summed E-state index contributed by atoms with van der Waals surface area (Å²) in [5.74, 6) is 0.586.